The van der Waals surface area contributed by atoms with E-state index in [4.69, 9.17) is 11.5 Å². The zero-order chi connectivity index (χ0) is 13.1. The fourth-order valence-electron chi connectivity index (χ4n) is 1.42. The molecule has 0 rings (SSSR count). The molecule has 0 bridgehead atoms. The first kappa shape index (κ1) is 15.0. The minimum Gasteiger partial charge on any atom is -0.445 e. The Hall–Kier alpha value is -0.980. The molecule has 0 fully saturated rings. The molecule has 1 amide bonds. The van der Waals surface area contributed by atoms with Crippen LogP contribution in [0.15, 0.2) is 0 Å². The summed E-state index contributed by atoms with van der Waals surface area (Å²) in [5, 5.41) is 0. The van der Waals surface area contributed by atoms with Gasteiger partial charge in [-0.1, -0.05) is 20.8 Å². The Morgan fingerprint density at radius 3 is 1.94 bits per heavy atom. The Morgan fingerprint density at radius 2 is 1.75 bits per heavy atom. The van der Waals surface area contributed by atoms with Gasteiger partial charge in [-0.05, 0) is 5.41 Å². The summed E-state index contributed by atoms with van der Waals surface area (Å²) in [6.45, 7) is 3.91. The zero-order valence-corrected chi connectivity index (χ0v) is 9.47. The largest absolute Gasteiger partial charge is 0.445 e. The summed E-state index contributed by atoms with van der Waals surface area (Å²) in [5.74, 6) is -1.92. The van der Waals surface area contributed by atoms with Crippen LogP contribution >= 0.6 is 0 Å². The predicted octanol–water partition coefficient (Wildman–Crippen LogP) is 1.63. The number of ether oxygens (including phenoxy) is 1. The number of hydrogen-bond donors (Lipinski definition) is 2. The molecule has 0 aromatic heterocycles. The van der Waals surface area contributed by atoms with Gasteiger partial charge in [0.25, 0.3) is 0 Å². The predicted molar refractivity (Wildman–Crippen MR) is 52.5 cm³/mol. The third-order valence-corrected chi connectivity index (χ3v) is 2.14. The minimum absolute atomic E-state index is 0.654. The maximum absolute atomic E-state index is 12.6. The molecule has 0 aliphatic carbocycles. The van der Waals surface area contributed by atoms with Gasteiger partial charge in [-0.15, -0.1) is 0 Å². The summed E-state index contributed by atoms with van der Waals surface area (Å²) in [5.41, 5.74) is 8.94. The van der Waals surface area contributed by atoms with Gasteiger partial charge in [-0.3, -0.25) is 0 Å². The van der Waals surface area contributed by atoms with Gasteiger partial charge in [0.2, 0.25) is 0 Å². The van der Waals surface area contributed by atoms with E-state index < -0.39 is 36.3 Å². The van der Waals surface area contributed by atoms with Crippen molar-refractivity contribution in [2.24, 2.45) is 22.8 Å². The first-order valence-electron chi connectivity index (χ1n) is 4.73. The summed E-state index contributed by atoms with van der Waals surface area (Å²) in [4.78, 5) is 10.6. The molecule has 2 unspecified atom stereocenters. The van der Waals surface area contributed by atoms with E-state index in [1.807, 2.05) is 0 Å². The van der Waals surface area contributed by atoms with Crippen LogP contribution in [0.25, 0.3) is 0 Å². The number of carbonyl (C=O) groups is 1. The minimum atomic E-state index is -4.53. The van der Waals surface area contributed by atoms with Crippen molar-refractivity contribution >= 4 is 6.09 Å². The number of hydrogen-bond acceptors (Lipinski definition) is 3. The molecular formula is C9H17F3N2O2. The number of amides is 1. The van der Waals surface area contributed by atoms with Crippen LogP contribution in [-0.2, 0) is 4.74 Å². The average Bonchev–Trinajstić information content (AvgIpc) is 1.98. The molecule has 0 aromatic carbocycles. The molecule has 96 valence electrons. The van der Waals surface area contributed by atoms with Crippen LogP contribution in [-0.4, -0.2) is 24.9 Å². The molecule has 0 spiro atoms. The first-order valence-corrected chi connectivity index (χ1v) is 4.73. The van der Waals surface area contributed by atoms with E-state index in [0.29, 0.717) is 0 Å². The lowest BCUT2D eigenvalue weighted by Gasteiger charge is -2.36. The fraction of sp³-hybridized carbons (Fsp3) is 0.889. The normalized spacial score (nSPS) is 16.7. The van der Waals surface area contributed by atoms with Gasteiger partial charge in [0.15, 0.2) is 0 Å². The van der Waals surface area contributed by atoms with E-state index >= 15 is 0 Å². The average molecular weight is 242 g/mol. The quantitative estimate of drug-likeness (QED) is 0.789. The summed E-state index contributed by atoms with van der Waals surface area (Å²) in [6.07, 6.45) is -7.15. The van der Waals surface area contributed by atoms with Gasteiger partial charge in [-0.2, -0.15) is 13.2 Å². The fourth-order valence-corrected chi connectivity index (χ4v) is 1.42. The molecule has 0 heterocycles. The highest BCUT2D eigenvalue weighted by atomic mass is 19.4. The molecule has 0 saturated heterocycles. The van der Waals surface area contributed by atoms with Crippen LogP contribution in [0.5, 0.6) is 0 Å². The lowest BCUT2D eigenvalue weighted by atomic mass is 9.80. The summed E-state index contributed by atoms with van der Waals surface area (Å²) < 4.78 is 42.5. The smallest absolute Gasteiger partial charge is 0.404 e. The Labute approximate surface area is 92.1 Å². The number of rotatable bonds is 3. The van der Waals surface area contributed by atoms with Gasteiger partial charge in [0.05, 0.1) is 0 Å². The molecule has 2 atom stereocenters. The maximum atomic E-state index is 12.6. The van der Waals surface area contributed by atoms with Gasteiger partial charge in [0.1, 0.15) is 12.0 Å². The number of halogens is 3. The van der Waals surface area contributed by atoms with Crippen molar-refractivity contribution in [1.82, 2.24) is 0 Å². The number of carbonyl (C=O) groups excluding carboxylic acids is 1. The van der Waals surface area contributed by atoms with Crippen molar-refractivity contribution in [3.8, 4) is 0 Å². The molecule has 0 aromatic rings. The highest BCUT2D eigenvalue weighted by Gasteiger charge is 2.49. The zero-order valence-electron chi connectivity index (χ0n) is 9.47. The van der Waals surface area contributed by atoms with Crippen LogP contribution in [0.3, 0.4) is 0 Å². The van der Waals surface area contributed by atoms with E-state index in [0.717, 1.165) is 0 Å². The second kappa shape index (κ2) is 4.90. The molecule has 0 radical (unpaired) electrons. The molecule has 4 N–H and O–H groups in total. The Bertz CT molecular complexity index is 248. The summed E-state index contributed by atoms with van der Waals surface area (Å²) >= 11 is 0. The molecule has 7 heteroatoms. The van der Waals surface area contributed by atoms with Gasteiger partial charge >= 0.3 is 12.3 Å². The monoisotopic (exact) mass is 242 g/mol. The van der Waals surface area contributed by atoms with E-state index in [1.165, 1.54) is 20.8 Å². The highest BCUT2D eigenvalue weighted by molar-refractivity contribution is 5.64. The maximum Gasteiger partial charge on any atom is 0.404 e. The van der Waals surface area contributed by atoms with E-state index in [-0.39, 0.29) is 0 Å². The molecular weight excluding hydrogens is 225 g/mol. The standard InChI is InChI=1S/C9H17F3N2O2/c1-8(2,3)6(16-7(14)15)5(4-13)9(10,11)12/h5-6H,4,13H2,1-3H3,(H2,14,15). The van der Waals surface area contributed by atoms with Gasteiger partial charge in [-0.25, -0.2) is 4.79 Å². The van der Waals surface area contributed by atoms with Crippen molar-refractivity contribution in [1.29, 1.82) is 0 Å². The Balaban J connectivity index is 5.07. The van der Waals surface area contributed by atoms with Crippen molar-refractivity contribution < 1.29 is 22.7 Å². The van der Waals surface area contributed by atoms with Crippen LogP contribution in [0, 0.1) is 11.3 Å². The van der Waals surface area contributed by atoms with Crippen molar-refractivity contribution in [2.75, 3.05) is 6.54 Å². The van der Waals surface area contributed by atoms with Gasteiger partial charge in [0, 0.05) is 6.54 Å². The number of primary amides is 1. The highest BCUT2D eigenvalue weighted by Crippen LogP contribution is 2.37. The number of alkyl halides is 3. The molecule has 16 heavy (non-hydrogen) atoms. The lowest BCUT2D eigenvalue weighted by Crippen LogP contribution is -2.48. The second-order valence-electron chi connectivity index (χ2n) is 4.61. The van der Waals surface area contributed by atoms with Crippen molar-refractivity contribution in [3.05, 3.63) is 0 Å². The van der Waals surface area contributed by atoms with Crippen molar-refractivity contribution in [3.63, 3.8) is 0 Å². The third kappa shape index (κ3) is 4.26. The van der Waals surface area contributed by atoms with Crippen molar-refractivity contribution in [2.45, 2.75) is 33.1 Å². The lowest BCUT2D eigenvalue weighted by molar-refractivity contribution is -0.208. The molecule has 0 aliphatic heterocycles. The molecule has 0 saturated carbocycles. The van der Waals surface area contributed by atoms with Crippen LogP contribution in [0.2, 0.25) is 0 Å². The first-order chi connectivity index (χ1) is 7.00. The molecule has 0 aliphatic rings. The van der Waals surface area contributed by atoms with Crippen LogP contribution in [0.4, 0.5) is 18.0 Å². The topological polar surface area (TPSA) is 78.3 Å². The Kier molecular flexibility index (Phi) is 4.60. The van der Waals surface area contributed by atoms with E-state index in [2.05, 4.69) is 4.74 Å². The van der Waals surface area contributed by atoms with Crippen LogP contribution < -0.4 is 11.5 Å². The van der Waals surface area contributed by atoms with Crippen LogP contribution in [0.1, 0.15) is 20.8 Å². The second-order valence-corrected chi connectivity index (χ2v) is 4.61. The number of nitrogens with two attached hydrogens (primary N) is 2. The summed E-state index contributed by atoms with van der Waals surface area (Å²) in [7, 11) is 0. The van der Waals surface area contributed by atoms with Gasteiger partial charge < -0.3 is 16.2 Å². The van der Waals surface area contributed by atoms with E-state index in [1.54, 1.807) is 0 Å². The third-order valence-electron chi connectivity index (χ3n) is 2.14. The Morgan fingerprint density at radius 1 is 1.31 bits per heavy atom. The summed E-state index contributed by atoms with van der Waals surface area (Å²) in [6, 6.07) is 0. The van der Waals surface area contributed by atoms with E-state index in [9.17, 15) is 18.0 Å². The molecule has 4 nitrogen and oxygen atoms in total. The SMILES string of the molecule is CC(C)(C)C(OC(N)=O)C(CN)C(F)(F)F.